The van der Waals surface area contributed by atoms with E-state index < -0.39 is 5.60 Å². The molecule has 6 heteroatoms. The van der Waals surface area contributed by atoms with Gasteiger partial charge in [-0.05, 0) is 47.0 Å². The number of piperidine rings is 1. The van der Waals surface area contributed by atoms with Gasteiger partial charge in [0, 0.05) is 33.4 Å². The van der Waals surface area contributed by atoms with Gasteiger partial charge < -0.3 is 23.8 Å². The monoisotopic (exact) mass is 331 g/mol. The lowest BCUT2D eigenvalue weighted by molar-refractivity contribution is -0.0883. The maximum absolute atomic E-state index is 12.0. The van der Waals surface area contributed by atoms with Gasteiger partial charge in [0.15, 0.2) is 0 Å². The molecule has 0 aliphatic carbocycles. The SMILES string of the molecule is COCCCOCCOC1(C)CCN(C(=O)OC(C)(C)C)CC1. The maximum Gasteiger partial charge on any atom is 0.410 e. The second kappa shape index (κ2) is 9.45. The lowest BCUT2D eigenvalue weighted by Gasteiger charge is -2.39. The van der Waals surface area contributed by atoms with Crippen LogP contribution in [0.4, 0.5) is 4.79 Å². The van der Waals surface area contributed by atoms with E-state index in [-0.39, 0.29) is 11.7 Å². The Morgan fingerprint density at radius 1 is 1.09 bits per heavy atom. The minimum Gasteiger partial charge on any atom is -0.444 e. The summed E-state index contributed by atoms with van der Waals surface area (Å²) in [6.45, 7) is 11.7. The zero-order valence-electron chi connectivity index (χ0n) is 15.4. The highest BCUT2D eigenvalue weighted by molar-refractivity contribution is 5.68. The van der Waals surface area contributed by atoms with Gasteiger partial charge in [-0.2, -0.15) is 0 Å². The van der Waals surface area contributed by atoms with Gasteiger partial charge in [-0.3, -0.25) is 0 Å². The fourth-order valence-corrected chi connectivity index (χ4v) is 2.39. The van der Waals surface area contributed by atoms with E-state index in [0.717, 1.165) is 25.9 Å². The number of hydrogen-bond donors (Lipinski definition) is 0. The Balaban J connectivity index is 2.19. The average Bonchev–Trinajstić information content (AvgIpc) is 2.45. The van der Waals surface area contributed by atoms with Crippen LogP contribution in [0.25, 0.3) is 0 Å². The van der Waals surface area contributed by atoms with Crippen LogP contribution < -0.4 is 0 Å². The first kappa shape index (κ1) is 20.2. The molecule has 0 radical (unpaired) electrons. The molecule has 6 nitrogen and oxygen atoms in total. The highest BCUT2D eigenvalue weighted by atomic mass is 16.6. The minimum absolute atomic E-state index is 0.186. The van der Waals surface area contributed by atoms with Crippen molar-refractivity contribution >= 4 is 6.09 Å². The van der Waals surface area contributed by atoms with Gasteiger partial charge in [-0.15, -0.1) is 0 Å². The summed E-state index contributed by atoms with van der Waals surface area (Å²) in [6.07, 6.45) is 2.30. The zero-order valence-corrected chi connectivity index (χ0v) is 15.4. The third kappa shape index (κ3) is 8.53. The van der Waals surface area contributed by atoms with Crippen LogP contribution in [-0.2, 0) is 18.9 Å². The van der Waals surface area contributed by atoms with Crippen molar-refractivity contribution < 1.29 is 23.7 Å². The van der Waals surface area contributed by atoms with Crippen LogP contribution in [0.3, 0.4) is 0 Å². The van der Waals surface area contributed by atoms with E-state index in [2.05, 4.69) is 6.92 Å². The lowest BCUT2D eigenvalue weighted by atomic mass is 9.93. The van der Waals surface area contributed by atoms with Crippen LogP contribution in [0, 0.1) is 0 Å². The fraction of sp³-hybridized carbons (Fsp3) is 0.941. The Bertz CT molecular complexity index is 345. The van der Waals surface area contributed by atoms with Crippen molar-refractivity contribution in [3.63, 3.8) is 0 Å². The van der Waals surface area contributed by atoms with Crippen LogP contribution in [0.1, 0.15) is 47.0 Å². The van der Waals surface area contributed by atoms with Gasteiger partial charge in [-0.25, -0.2) is 4.79 Å². The number of methoxy groups -OCH3 is 1. The Hall–Kier alpha value is -0.850. The first-order valence-corrected chi connectivity index (χ1v) is 8.44. The van der Waals surface area contributed by atoms with Crippen molar-refractivity contribution in [1.82, 2.24) is 4.90 Å². The highest BCUT2D eigenvalue weighted by Crippen LogP contribution is 2.26. The second-order valence-corrected chi connectivity index (χ2v) is 7.22. The molecule has 0 atom stereocenters. The molecular weight excluding hydrogens is 298 g/mol. The summed E-state index contributed by atoms with van der Waals surface area (Å²) in [5.74, 6) is 0. The molecule has 1 saturated heterocycles. The Morgan fingerprint density at radius 3 is 2.30 bits per heavy atom. The van der Waals surface area contributed by atoms with Crippen LogP contribution in [0.15, 0.2) is 0 Å². The van der Waals surface area contributed by atoms with Crippen LogP contribution in [0.2, 0.25) is 0 Å². The number of amides is 1. The summed E-state index contributed by atoms with van der Waals surface area (Å²) in [5.41, 5.74) is -0.636. The molecule has 0 saturated carbocycles. The number of rotatable bonds is 8. The van der Waals surface area contributed by atoms with Gasteiger partial charge in [0.05, 0.1) is 18.8 Å². The number of carbonyl (C=O) groups is 1. The van der Waals surface area contributed by atoms with E-state index >= 15 is 0 Å². The molecule has 1 aliphatic heterocycles. The quantitative estimate of drug-likeness (QED) is 0.640. The predicted molar refractivity (Wildman–Crippen MR) is 88.7 cm³/mol. The molecule has 0 unspecified atom stereocenters. The number of ether oxygens (including phenoxy) is 4. The van der Waals surface area contributed by atoms with E-state index in [0.29, 0.717) is 32.9 Å². The number of nitrogens with zero attached hydrogens (tertiary/aromatic N) is 1. The normalized spacial score (nSPS) is 18.0. The molecule has 1 rings (SSSR count). The standard InChI is InChI=1S/C17H33NO5/c1-16(2,3)23-15(19)18-9-7-17(4,8-10-18)22-14-13-21-12-6-11-20-5/h6-14H2,1-5H3. The third-order valence-corrected chi connectivity index (χ3v) is 3.79. The first-order valence-electron chi connectivity index (χ1n) is 8.44. The Kier molecular flexibility index (Phi) is 8.29. The van der Waals surface area contributed by atoms with E-state index in [1.165, 1.54) is 0 Å². The molecule has 0 bridgehead atoms. The van der Waals surface area contributed by atoms with E-state index in [9.17, 15) is 4.79 Å². The number of carbonyl (C=O) groups excluding carboxylic acids is 1. The molecule has 1 fully saturated rings. The highest BCUT2D eigenvalue weighted by Gasteiger charge is 2.34. The predicted octanol–water partition coefficient (Wildman–Crippen LogP) is 2.85. The summed E-state index contributed by atoms with van der Waals surface area (Å²) in [7, 11) is 1.69. The second-order valence-electron chi connectivity index (χ2n) is 7.22. The van der Waals surface area contributed by atoms with Gasteiger partial charge in [0.2, 0.25) is 0 Å². The molecule has 1 heterocycles. The molecule has 0 spiro atoms. The van der Waals surface area contributed by atoms with Crippen molar-refractivity contribution in [3.05, 3.63) is 0 Å². The maximum atomic E-state index is 12.0. The van der Waals surface area contributed by atoms with Crippen molar-refractivity contribution in [2.45, 2.75) is 58.2 Å². The van der Waals surface area contributed by atoms with Crippen LogP contribution in [-0.4, -0.2) is 68.8 Å². The van der Waals surface area contributed by atoms with Gasteiger partial charge in [0.1, 0.15) is 5.60 Å². The topological polar surface area (TPSA) is 57.2 Å². The first-order chi connectivity index (χ1) is 10.8. The third-order valence-electron chi connectivity index (χ3n) is 3.79. The summed E-state index contributed by atoms with van der Waals surface area (Å²) in [6, 6.07) is 0. The molecule has 0 aromatic rings. The summed E-state index contributed by atoms with van der Waals surface area (Å²) < 4.78 is 21.8. The lowest BCUT2D eigenvalue weighted by Crippen LogP contribution is -2.48. The summed E-state index contributed by atoms with van der Waals surface area (Å²) in [5, 5.41) is 0. The van der Waals surface area contributed by atoms with Crippen molar-refractivity contribution in [2.75, 3.05) is 46.6 Å². The Morgan fingerprint density at radius 2 is 1.74 bits per heavy atom. The van der Waals surface area contributed by atoms with Gasteiger partial charge in [-0.1, -0.05) is 0 Å². The molecule has 0 aromatic carbocycles. The average molecular weight is 331 g/mol. The molecule has 1 aliphatic rings. The van der Waals surface area contributed by atoms with Crippen LogP contribution in [0.5, 0.6) is 0 Å². The Labute approximate surface area is 140 Å². The van der Waals surface area contributed by atoms with Crippen molar-refractivity contribution in [2.24, 2.45) is 0 Å². The van der Waals surface area contributed by atoms with Crippen LogP contribution >= 0.6 is 0 Å². The molecule has 0 aromatic heterocycles. The smallest absolute Gasteiger partial charge is 0.410 e. The molecule has 23 heavy (non-hydrogen) atoms. The van der Waals surface area contributed by atoms with Gasteiger partial charge in [0.25, 0.3) is 0 Å². The van der Waals surface area contributed by atoms with Crippen molar-refractivity contribution in [1.29, 1.82) is 0 Å². The van der Waals surface area contributed by atoms with E-state index in [4.69, 9.17) is 18.9 Å². The fourth-order valence-electron chi connectivity index (χ4n) is 2.39. The molecule has 136 valence electrons. The summed E-state index contributed by atoms with van der Waals surface area (Å²) in [4.78, 5) is 13.8. The molecule has 1 amide bonds. The van der Waals surface area contributed by atoms with Crippen molar-refractivity contribution in [3.8, 4) is 0 Å². The number of likely N-dealkylation sites (tertiary alicyclic amines) is 1. The summed E-state index contributed by atoms with van der Waals surface area (Å²) >= 11 is 0. The van der Waals surface area contributed by atoms with E-state index in [1.807, 2.05) is 20.8 Å². The molecular formula is C17H33NO5. The van der Waals surface area contributed by atoms with E-state index in [1.54, 1.807) is 12.0 Å². The zero-order chi connectivity index (χ0) is 17.3. The largest absolute Gasteiger partial charge is 0.444 e. The number of hydrogen-bond acceptors (Lipinski definition) is 5. The minimum atomic E-state index is -0.450. The van der Waals surface area contributed by atoms with Gasteiger partial charge >= 0.3 is 6.09 Å². The molecule has 0 N–H and O–H groups in total.